The molecule has 0 saturated carbocycles. The smallest absolute Gasteiger partial charge is 0.274 e. The van der Waals surface area contributed by atoms with Crippen LogP contribution in [0.15, 0.2) is 101 Å². The lowest BCUT2D eigenvalue weighted by Gasteiger charge is -2.18. The quantitative estimate of drug-likeness (QED) is 0.481. The number of para-hydroxylation sites is 1. The normalized spacial score (nSPS) is 16.3. The summed E-state index contributed by atoms with van der Waals surface area (Å²) >= 11 is 0. The third kappa shape index (κ3) is 3.53. The summed E-state index contributed by atoms with van der Waals surface area (Å²) in [7, 11) is 0. The molecule has 0 saturated heterocycles. The number of hydrogen-bond acceptors (Lipinski definition) is 4. The highest BCUT2D eigenvalue weighted by atomic mass is 16.3. The molecule has 1 atom stereocenters. The number of hydrazone groups is 1. The number of furan rings is 1. The molecule has 0 N–H and O–H groups in total. The summed E-state index contributed by atoms with van der Waals surface area (Å²) < 4.78 is 5.99. The van der Waals surface area contributed by atoms with Crippen molar-refractivity contribution >= 4 is 28.7 Å². The van der Waals surface area contributed by atoms with E-state index < -0.39 is 0 Å². The van der Waals surface area contributed by atoms with Crippen molar-refractivity contribution in [2.75, 3.05) is 0 Å². The van der Waals surface area contributed by atoms with E-state index >= 15 is 0 Å². The molecule has 4 aromatic rings. The van der Waals surface area contributed by atoms with Crippen LogP contribution in [0.3, 0.4) is 0 Å². The minimum absolute atomic E-state index is 0.161. The summed E-state index contributed by atoms with van der Waals surface area (Å²) in [6, 6.07) is 23.1. The van der Waals surface area contributed by atoms with Gasteiger partial charge in [-0.1, -0.05) is 60.7 Å². The lowest BCUT2D eigenvalue weighted by Crippen LogP contribution is -2.31. The lowest BCUT2D eigenvalue weighted by molar-refractivity contribution is 0.0742. The van der Waals surface area contributed by atoms with E-state index in [0.717, 1.165) is 22.2 Å². The summed E-state index contributed by atoms with van der Waals surface area (Å²) in [4.78, 5) is 17.1. The molecule has 0 fully saturated rings. The number of nitrogens with zero attached hydrogens (tertiary/aromatic N) is 3. The molecule has 1 aliphatic heterocycles. The van der Waals surface area contributed by atoms with Crippen LogP contribution in [0.4, 0.5) is 0 Å². The monoisotopic (exact) mass is 393 g/mol. The molecule has 0 radical (unpaired) electrons. The van der Waals surface area contributed by atoms with E-state index in [9.17, 15) is 4.79 Å². The van der Waals surface area contributed by atoms with Crippen molar-refractivity contribution in [1.82, 2.24) is 9.99 Å². The van der Waals surface area contributed by atoms with Gasteiger partial charge >= 0.3 is 0 Å². The van der Waals surface area contributed by atoms with Gasteiger partial charge in [-0.2, -0.15) is 5.10 Å². The molecule has 146 valence electrons. The SMILES string of the molecule is O=C(c1ccncc1)N1N=C(c2cc3ccccc3o2)CC1/C=C\c1ccccc1. The van der Waals surface area contributed by atoms with Gasteiger partial charge in [0.2, 0.25) is 0 Å². The van der Waals surface area contributed by atoms with E-state index in [1.807, 2.05) is 72.8 Å². The van der Waals surface area contributed by atoms with Crippen molar-refractivity contribution in [2.45, 2.75) is 12.5 Å². The molecule has 1 unspecified atom stereocenters. The van der Waals surface area contributed by atoms with Crippen LogP contribution < -0.4 is 0 Å². The molecule has 2 aromatic heterocycles. The highest BCUT2D eigenvalue weighted by Gasteiger charge is 2.32. The number of amides is 1. The van der Waals surface area contributed by atoms with Crippen LogP contribution in [0.5, 0.6) is 0 Å². The predicted octanol–water partition coefficient (Wildman–Crippen LogP) is 5.16. The number of fused-ring (bicyclic) bond motifs is 1. The number of rotatable bonds is 4. The summed E-state index contributed by atoms with van der Waals surface area (Å²) in [5.41, 5.74) is 3.20. The van der Waals surface area contributed by atoms with E-state index in [4.69, 9.17) is 4.42 Å². The molecule has 0 aliphatic carbocycles. The molecular formula is C25H19N3O2. The molecule has 3 heterocycles. The van der Waals surface area contributed by atoms with E-state index in [0.29, 0.717) is 17.7 Å². The van der Waals surface area contributed by atoms with Crippen molar-refractivity contribution in [2.24, 2.45) is 5.10 Å². The number of carbonyl (C=O) groups excluding carboxylic acids is 1. The van der Waals surface area contributed by atoms with Gasteiger partial charge in [-0.05, 0) is 29.8 Å². The Morgan fingerprint density at radius 3 is 2.57 bits per heavy atom. The summed E-state index contributed by atoms with van der Waals surface area (Å²) in [5, 5.41) is 7.22. The van der Waals surface area contributed by atoms with Gasteiger partial charge in [-0.15, -0.1) is 0 Å². The average Bonchev–Trinajstić information content (AvgIpc) is 3.43. The number of pyridine rings is 1. The Morgan fingerprint density at radius 2 is 1.77 bits per heavy atom. The van der Waals surface area contributed by atoms with Crippen molar-refractivity contribution in [3.63, 3.8) is 0 Å². The largest absolute Gasteiger partial charge is 0.455 e. The number of hydrogen-bond donors (Lipinski definition) is 0. The van der Waals surface area contributed by atoms with Gasteiger partial charge in [0, 0.05) is 29.8 Å². The zero-order chi connectivity index (χ0) is 20.3. The van der Waals surface area contributed by atoms with Crippen molar-refractivity contribution in [1.29, 1.82) is 0 Å². The summed E-state index contributed by atoms with van der Waals surface area (Å²) in [6.45, 7) is 0. The molecule has 5 rings (SSSR count). The van der Waals surface area contributed by atoms with Gasteiger partial charge in [-0.25, -0.2) is 5.01 Å². The summed E-state index contributed by atoms with van der Waals surface area (Å²) in [5.74, 6) is 0.533. The molecule has 30 heavy (non-hydrogen) atoms. The first-order valence-electron chi connectivity index (χ1n) is 9.81. The van der Waals surface area contributed by atoms with Crippen LogP contribution in [0, 0.1) is 0 Å². The fourth-order valence-electron chi connectivity index (χ4n) is 3.56. The number of carbonyl (C=O) groups is 1. The minimum Gasteiger partial charge on any atom is -0.455 e. The van der Waals surface area contributed by atoms with Gasteiger partial charge in [0.25, 0.3) is 5.91 Å². The molecule has 0 spiro atoms. The molecular weight excluding hydrogens is 374 g/mol. The maximum Gasteiger partial charge on any atom is 0.274 e. The van der Waals surface area contributed by atoms with Crippen LogP contribution in [-0.2, 0) is 0 Å². The molecule has 0 bridgehead atoms. The van der Waals surface area contributed by atoms with Gasteiger partial charge in [0.05, 0.1) is 6.04 Å². The van der Waals surface area contributed by atoms with Crippen LogP contribution >= 0.6 is 0 Å². The second-order valence-corrected chi connectivity index (χ2v) is 7.12. The second-order valence-electron chi connectivity index (χ2n) is 7.12. The van der Waals surface area contributed by atoms with Crippen molar-refractivity contribution < 1.29 is 9.21 Å². The zero-order valence-corrected chi connectivity index (χ0v) is 16.2. The van der Waals surface area contributed by atoms with Crippen LogP contribution in [0.25, 0.3) is 17.0 Å². The molecule has 1 amide bonds. The van der Waals surface area contributed by atoms with Crippen LogP contribution in [0.2, 0.25) is 0 Å². The lowest BCUT2D eigenvalue weighted by atomic mass is 10.1. The Balaban J connectivity index is 1.49. The number of aromatic nitrogens is 1. The topological polar surface area (TPSA) is 58.7 Å². The van der Waals surface area contributed by atoms with E-state index in [1.54, 1.807) is 24.5 Å². The molecule has 2 aromatic carbocycles. The first-order chi connectivity index (χ1) is 14.8. The van der Waals surface area contributed by atoms with Crippen LogP contribution in [-0.4, -0.2) is 27.7 Å². The Labute approximate surface area is 174 Å². The molecule has 5 heteroatoms. The van der Waals surface area contributed by atoms with Gasteiger partial charge in [-0.3, -0.25) is 9.78 Å². The maximum absolute atomic E-state index is 13.1. The third-order valence-electron chi connectivity index (χ3n) is 5.10. The minimum atomic E-state index is -0.200. The Hall–Kier alpha value is -3.99. The third-order valence-corrected chi connectivity index (χ3v) is 5.10. The van der Waals surface area contributed by atoms with E-state index in [1.165, 1.54) is 5.01 Å². The van der Waals surface area contributed by atoms with Gasteiger partial charge < -0.3 is 4.42 Å². The Morgan fingerprint density at radius 1 is 1.00 bits per heavy atom. The first kappa shape index (κ1) is 18.1. The van der Waals surface area contributed by atoms with Crippen LogP contribution in [0.1, 0.15) is 28.1 Å². The standard InChI is InChI=1S/C25H19N3O2/c29-25(19-12-14-26-15-13-19)28-21(11-10-18-6-2-1-3-7-18)17-22(27-28)24-16-20-8-4-5-9-23(20)30-24/h1-16,21H,17H2/b11-10-. The van der Waals surface area contributed by atoms with E-state index in [-0.39, 0.29) is 11.9 Å². The highest BCUT2D eigenvalue weighted by Crippen LogP contribution is 2.27. The van der Waals surface area contributed by atoms with Crippen molar-refractivity contribution in [3.05, 3.63) is 108 Å². The highest BCUT2D eigenvalue weighted by molar-refractivity contribution is 6.05. The Kier molecular flexibility index (Phi) is 4.69. The van der Waals surface area contributed by atoms with Gasteiger partial charge in [0.15, 0.2) is 5.76 Å². The summed E-state index contributed by atoms with van der Waals surface area (Å²) in [6.07, 6.45) is 7.85. The van der Waals surface area contributed by atoms with Crippen molar-refractivity contribution in [3.8, 4) is 0 Å². The fourth-order valence-corrected chi connectivity index (χ4v) is 3.56. The average molecular weight is 393 g/mol. The molecule has 5 nitrogen and oxygen atoms in total. The number of benzene rings is 2. The second kappa shape index (κ2) is 7.79. The predicted molar refractivity (Wildman–Crippen MR) is 117 cm³/mol. The first-order valence-corrected chi connectivity index (χ1v) is 9.81. The molecule has 1 aliphatic rings. The maximum atomic E-state index is 13.1. The zero-order valence-electron chi connectivity index (χ0n) is 16.2. The van der Waals surface area contributed by atoms with E-state index in [2.05, 4.69) is 10.1 Å². The Bertz CT molecular complexity index is 1210. The fraction of sp³-hybridized carbons (Fsp3) is 0.0800. The van der Waals surface area contributed by atoms with Gasteiger partial charge in [0.1, 0.15) is 11.3 Å².